The lowest BCUT2D eigenvalue weighted by molar-refractivity contribution is -0.137. The lowest BCUT2D eigenvalue weighted by Crippen LogP contribution is -2.37. The molecule has 1 aromatic heterocycles. The largest absolute Gasteiger partial charge is 0.416 e. The highest BCUT2D eigenvalue weighted by atomic mass is 19.4. The molecule has 0 bridgehead atoms. The van der Waals surface area contributed by atoms with E-state index in [2.05, 4.69) is 20.6 Å². The molecule has 2 N–H and O–H groups in total. The zero-order chi connectivity index (χ0) is 20.7. The van der Waals surface area contributed by atoms with E-state index in [-0.39, 0.29) is 6.54 Å². The molecule has 0 spiro atoms. The second-order valence-corrected chi connectivity index (χ2v) is 6.43. The van der Waals surface area contributed by atoms with Gasteiger partial charge in [0.2, 0.25) is 0 Å². The van der Waals surface area contributed by atoms with Crippen LogP contribution in [0.25, 0.3) is 0 Å². The Labute approximate surface area is 167 Å². The highest BCUT2D eigenvalue weighted by molar-refractivity contribution is 5.79. The van der Waals surface area contributed by atoms with E-state index in [9.17, 15) is 13.2 Å². The van der Waals surface area contributed by atoms with Crippen LogP contribution in [0.5, 0.6) is 0 Å². The van der Waals surface area contributed by atoms with Crippen molar-refractivity contribution in [3.8, 4) is 0 Å². The van der Waals surface area contributed by atoms with E-state index in [1.807, 2.05) is 41.1 Å². The van der Waals surface area contributed by atoms with Gasteiger partial charge >= 0.3 is 6.18 Å². The Hall–Kier alpha value is -3.29. The van der Waals surface area contributed by atoms with Crippen molar-refractivity contribution in [2.45, 2.75) is 25.8 Å². The molecule has 3 rings (SSSR count). The van der Waals surface area contributed by atoms with Gasteiger partial charge in [0.05, 0.1) is 12.1 Å². The van der Waals surface area contributed by atoms with Gasteiger partial charge < -0.3 is 15.2 Å². The second-order valence-electron chi connectivity index (χ2n) is 6.43. The number of hydrogen-bond donors (Lipinski definition) is 2. The van der Waals surface area contributed by atoms with E-state index in [0.29, 0.717) is 24.6 Å². The first-order chi connectivity index (χ1) is 14.0. The van der Waals surface area contributed by atoms with Crippen LogP contribution < -0.4 is 10.6 Å². The van der Waals surface area contributed by atoms with Crippen LogP contribution >= 0.6 is 0 Å². The Morgan fingerprint density at radius 1 is 1.00 bits per heavy atom. The molecule has 0 fully saturated rings. The number of imidazole rings is 1. The molecule has 0 saturated heterocycles. The van der Waals surface area contributed by atoms with Crippen LogP contribution in [-0.4, -0.2) is 22.6 Å². The van der Waals surface area contributed by atoms with Crippen LogP contribution in [0, 0.1) is 0 Å². The molecule has 0 atom stereocenters. The molecule has 0 radical (unpaired) electrons. The fourth-order valence-electron chi connectivity index (χ4n) is 2.86. The number of benzene rings is 2. The number of nitrogens with zero attached hydrogens (tertiary/aromatic N) is 3. The topological polar surface area (TPSA) is 54.2 Å². The molecule has 152 valence electrons. The number of aromatic nitrogens is 2. The molecule has 8 heteroatoms. The zero-order valence-electron chi connectivity index (χ0n) is 15.9. The molecule has 0 aliphatic carbocycles. The Kier molecular flexibility index (Phi) is 6.54. The molecular formula is C21H22F3N5. The van der Waals surface area contributed by atoms with Crippen LogP contribution in [0.4, 0.5) is 13.2 Å². The molecule has 0 saturated carbocycles. The van der Waals surface area contributed by atoms with Crippen molar-refractivity contribution in [3.63, 3.8) is 0 Å². The highest BCUT2D eigenvalue weighted by Crippen LogP contribution is 2.29. The van der Waals surface area contributed by atoms with Gasteiger partial charge in [-0.15, -0.1) is 0 Å². The second kappa shape index (κ2) is 9.27. The van der Waals surface area contributed by atoms with Gasteiger partial charge in [-0.25, -0.2) is 4.98 Å². The molecule has 5 nitrogen and oxygen atoms in total. The summed E-state index contributed by atoms with van der Waals surface area (Å²) in [5.74, 6) is 1.31. The number of aliphatic imine (C=N–C) groups is 1. The van der Waals surface area contributed by atoms with Gasteiger partial charge in [0, 0.05) is 32.5 Å². The molecule has 29 heavy (non-hydrogen) atoms. The fraction of sp³-hybridized carbons (Fsp3) is 0.238. The van der Waals surface area contributed by atoms with E-state index in [1.165, 1.54) is 11.6 Å². The summed E-state index contributed by atoms with van der Waals surface area (Å²) in [5, 5.41) is 6.18. The standard InChI is InChI=1S/C21H22F3N5/c1-25-20(27-13-17-8-5-9-18(12-17)21(22,23)24)28-14-19-26-10-11-29(19)15-16-6-3-2-4-7-16/h2-12H,13-15H2,1H3,(H2,25,27,28). The highest BCUT2D eigenvalue weighted by Gasteiger charge is 2.30. The average Bonchev–Trinajstić information content (AvgIpc) is 3.15. The number of alkyl halides is 3. The first kappa shape index (κ1) is 20.4. The van der Waals surface area contributed by atoms with Gasteiger partial charge in [-0.2, -0.15) is 13.2 Å². The van der Waals surface area contributed by atoms with Gasteiger partial charge in [-0.1, -0.05) is 42.5 Å². The Balaban J connectivity index is 1.56. The predicted octanol–water partition coefficient (Wildman–Crippen LogP) is 3.82. The van der Waals surface area contributed by atoms with Crippen LogP contribution in [-0.2, 0) is 25.8 Å². The smallest absolute Gasteiger partial charge is 0.352 e. The zero-order valence-corrected chi connectivity index (χ0v) is 15.9. The summed E-state index contributed by atoms with van der Waals surface area (Å²) < 4.78 is 40.5. The maximum Gasteiger partial charge on any atom is 0.416 e. The number of halogens is 3. The maximum atomic E-state index is 12.8. The first-order valence-electron chi connectivity index (χ1n) is 9.10. The fourth-order valence-corrected chi connectivity index (χ4v) is 2.86. The predicted molar refractivity (Wildman–Crippen MR) is 106 cm³/mol. The number of guanidine groups is 1. The summed E-state index contributed by atoms with van der Waals surface area (Å²) in [6, 6.07) is 15.3. The third kappa shape index (κ3) is 5.84. The molecule has 0 unspecified atom stereocenters. The average molecular weight is 401 g/mol. The van der Waals surface area contributed by atoms with Crippen molar-refractivity contribution in [1.29, 1.82) is 0 Å². The SMILES string of the molecule is CN=C(NCc1cccc(C(F)(F)F)c1)NCc1nccn1Cc1ccccc1. The van der Waals surface area contributed by atoms with Gasteiger partial charge in [0.15, 0.2) is 5.96 Å². The molecule has 0 aliphatic heterocycles. The molecule has 3 aromatic rings. The molecule has 0 aliphatic rings. The summed E-state index contributed by atoms with van der Waals surface area (Å²) in [6.45, 7) is 1.36. The monoisotopic (exact) mass is 401 g/mol. The van der Waals surface area contributed by atoms with E-state index in [0.717, 1.165) is 18.0 Å². The van der Waals surface area contributed by atoms with Crippen LogP contribution in [0.2, 0.25) is 0 Å². The summed E-state index contributed by atoms with van der Waals surface area (Å²) in [6.07, 6.45) is -0.715. The molecule has 0 amide bonds. The van der Waals surface area contributed by atoms with E-state index < -0.39 is 11.7 Å². The van der Waals surface area contributed by atoms with Gasteiger partial charge in [-0.05, 0) is 23.3 Å². The maximum absolute atomic E-state index is 12.8. The van der Waals surface area contributed by atoms with Crippen molar-refractivity contribution < 1.29 is 13.2 Å². The minimum atomic E-state index is -4.36. The third-order valence-electron chi connectivity index (χ3n) is 4.35. The normalized spacial score (nSPS) is 12.1. The lowest BCUT2D eigenvalue weighted by atomic mass is 10.1. The lowest BCUT2D eigenvalue weighted by Gasteiger charge is -2.14. The Morgan fingerprint density at radius 3 is 2.45 bits per heavy atom. The van der Waals surface area contributed by atoms with Gasteiger partial charge in [-0.3, -0.25) is 4.99 Å². The third-order valence-corrected chi connectivity index (χ3v) is 4.35. The van der Waals surface area contributed by atoms with Crippen molar-refractivity contribution >= 4 is 5.96 Å². The van der Waals surface area contributed by atoms with Crippen LogP contribution in [0.1, 0.15) is 22.5 Å². The van der Waals surface area contributed by atoms with Gasteiger partial charge in [0.25, 0.3) is 0 Å². The van der Waals surface area contributed by atoms with Crippen molar-refractivity contribution in [1.82, 2.24) is 20.2 Å². The van der Waals surface area contributed by atoms with Crippen LogP contribution in [0.15, 0.2) is 72.0 Å². The number of rotatable bonds is 6. The summed E-state index contributed by atoms with van der Waals surface area (Å²) >= 11 is 0. The summed E-state index contributed by atoms with van der Waals surface area (Å²) in [7, 11) is 1.61. The van der Waals surface area contributed by atoms with E-state index in [4.69, 9.17) is 0 Å². The number of hydrogen-bond acceptors (Lipinski definition) is 2. The van der Waals surface area contributed by atoms with E-state index >= 15 is 0 Å². The van der Waals surface area contributed by atoms with Crippen LogP contribution in [0.3, 0.4) is 0 Å². The molecular weight excluding hydrogens is 379 g/mol. The van der Waals surface area contributed by atoms with Gasteiger partial charge in [0.1, 0.15) is 5.82 Å². The van der Waals surface area contributed by atoms with E-state index in [1.54, 1.807) is 19.3 Å². The molecule has 2 aromatic carbocycles. The Bertz CT molecular complexity index is 948. The first-order valence-corrected chi connectivity index (χ1v) is 9.10. The quantitative estimate of drug-likeness (QED) is 0.488. The summed E-state index contributed by atoms with van der Waals surface area (Å²) in [5.41, 5.74) is 1.02. The summed E-state index contributed by atoms with van der Waals surface area (Å²) in [4.78, 5) is 8.49. The Morgan fingerprint density at radius 2 is 1.72 bits per heavy atom. The number of nitrogens with one attached hydrogen (secondary N) is 2. The van der Waals surface area contributed by atoms with Crippen molar-refractivity contribution in [3.05, 3.63) is 89.5 Å². The molecule has 1 heterocycles. The minimum Gasteiger partial charge on any atom is -0.352 e. The minimum absolute atomic E-state index is 0.224. The van der Waals surface area contributed by atoms with Crippen molar-refractivity contribution in [2.24, 2.45) is 4.99 Å². The van der Waals surface area contributed by atoms with Crippen molar-refractivity contribution in [2.75, 3.05) is 7.05 Å².